The summed E-state index contributed by atoms with van der Waals surface area (Å²) in [7, 11) is 0. The van der Waals surface area contributed by atoms with Gasteiger partial charge >= 0.3 is 5.97 Å². The monoisotopic (exact) mass is 261 g/mol. The van der Waals surface area contributed by atoms with E-state index in [4.69, 9.17) is 4.74 Å². The van der Waals surface area contributed by atoms with Gasteiger partial charge in [-0.1, -0.05) is 25.2 Å². The maximum absolute atomic E-state index is 11.8. The van der Waals surface area contributed by atoms with Crippen molar-refractivity contribution in [2.45, 2.75) is 31.9 Å². The highest BCUT2D eigenvalue weighted by Crippen LogP contribution is 2.30. The summed E-state index contributed by atoms with van der Waals surface area (Å²) < 4.78 is 5.41. The van der Waals surface area contributed by atoms with E-state index in [1.54, 1.807) is 24.3 Å². The maximum atomic E-state index is 11.8. The molecule has 1 atom stereocenters. The smallest absolute Gasteiger partial charge is 0.308 e. The quantitative estimate of drug-likeness (QED) is 0.568. The van der Waals surface area contributed by atoms with E-state index in [0.29, 0.717) is 6.42 Å². The molecule has 1 heterocycles. The van der Waals surface area contributed by atoms with Gasteiger partial charge in [0.05, 0.1) is 0 Å². The van der Waals surface area contributed by atoms with Crippen LogP contribution in [0.2, 0.25) is 0 Å². The van der Waals surface area contributed by atoms with Gasteiger partial charge < -0.3 is 4.74 Å². The Bertz CT molecular complexity index is 486. The lowest BCUT2D eigenvalue weighted by Crippen LogP contribution is -2.53. The van der Waals surface area contributed by atoms with Crippen LogP contribution in [0.3, 0.4) is 0 Å². The third-order valence-corrected chi connectivity index (χ3v) is 2.95. The van der Waals surface area contributed by atoms with E-state index in [9.17, 15) is 14.4 Å². The highest BCUT2D eigenvalue weighted by molar-refractivity contribution is 6.13. The fourth-order valence-corrected chi connectivity index (χ4v) is 2.10. The van der Waals surface area contributed by atoms with Crippen LogP contribution in [0.5, 0.6) is 0 Å². The molecule has 1 unspecified atom stereocenters. The minimum absolute atomic E-state index is 0.253. The van der Waals surface area contributed by atoms with Crippen molar-refractivity contribution in [3.05, 3.63) is 36.5 Å². The fraction of sp³-hybridized carbons (Fsp3) is 0.357. The summed E-state index contributed by atoms with van der Waals surface area (Å²) in [6.45, 7) is 1.86. The van der Waals surface area contributed by atoms with Crippen molar-refractivity contribution >= 4 is 17.8 Å². The van der Waals surface area contributed by atoms with E-state index < -0.39 is 23.5 Å². The molecule has 2 rings (SSSR count). The van der Waals surface area contributed by atoms with Crippen LogP contribution in [0.15, 0.2) is 36.5 Å². The van der Waals surface area contributed by atoms with Gasteiger partial charge in [-0.25, -0.2) is 4.90 Å². The Morgan fingerprint density at radius 3 is 2.53 bits per heavy atom. The van der Waals surface area contributed by atoms with Crippen molar-refractivity contribution in [3.8, 4) is 0 Å². The Balaban J connectivity index is 2.28. The third kappa shape index (κ3) is 2.50. The van der Waals surface area contributed by atoms with E-state index in [0.717, 1.165) is 4.90 Å². The van der Waals surface area contributed by atoms with Crippen LogP contribution in [-0.4, -0.2) is 28.4 Å². The summed E-state index contributed by atoms with van der Waals surface area (Å²) in [5.74, 6) is -1.35. The zero-order valence-corrected chi connectivity index (χ0v) is 10.7. The number of carbonyl (C=O) groups is 3. The molecule has 0 aromatic heterocycles. The molecule has 2 amide bonds. The van der Waals surface area contributed by atoms with Gasteiger partial charge in [0, 0.05) is 25.0 Å². The average molecular weight is 261 g/mol. The molecule has 0 saturated carbocycles. The van der Waals surface area contributed by atoms with Crippen molar-refractivity contribution < 1.29 is 19.1 Å². The zero-order chi connectivity index (χ0) is 13.9. The summed E-state index contributed by atoms with van der Waals surface area (Å²) >= 11 is 0. The molecular weight excluding hydrogens is 246 g/mol. The molecule has 100 valence electrons. The number of allylic oxidation sites excluding steroid dienone is 2. The van der Waals surface area contributed by atoms with Crippen LogP contribution in [0.4, 0.5) is 0 Å². The molecule has 0 N–H and O–H groups in total. The van der Waals surface area contributed by atoms with Gasteiger partial charge in [0.1, 0.15) is 0 Å². The number of rotatable bonds is 4. The molecule has 0 saturated heterocycles. The first-order chi connectivity index (χ1) is 9.09. The normalized spacial score (nSPS) is 25.2. The number of hydrogen-bond acceptors (Lipinski definition) is 4. The van der Waals surface area contributed by atoms with Gasteiger partial charge in [-0.2, -0.15) is 0 Å². The largest absolute Gasteiger partial charge is 0.434 e. The zero-order valence-electron chi connectivity index (χ0n) is 10.7. The number of carbonyl (C=O) groups excluding carboxylic acids is 3. The molecule has 5 heteroatoms. The standard InChI is InChI=1S/C14H15NO4/c1-2-6-13(18)19-14(9-4-3-5-10-14)15-11(16)7-8-12(15)17/h3-5,7-9H,2,6,10H2,1H3. The predicted molar refractivity (Wildman–Crippen MR) is 67.6 cm³/mol. The Morgan fingerprint density at radius 1 is 1.32 bits per heavy atom. The van der Waals surface area contributed by atoms with Crippen molar-refractivity contribution in [1.82, 2.24) is 4.90 Å². The van der Waals surface area contributed by atoms with Crippen LogP contribution in [0.25, 0.3) is 0 Å². The second-order valence-corrected chi connectivity index (χ2v) is 4.41. The molecule has 2 aliphatic rings. The first kappa shape index (κ1) is 13.3. The second-order valence-electron chi connectivity index (χ2n) is 4.41. The number of hydrogen-bond donors (Lipinski definition) is 0. The first-order valence-electron chi connectivity index (χ1n) is 6.21. The Kier molecular flexibility index (Phi) is 3.64. The molecule has 0 spiro atoms. The lowest BCUT2D eigenvalue weighted by atomic mass is 10.0. The number of nitrogens with zero attached hydrogens (tertiary/aromatic N) is 1. The van der Waals surface area contributed by atoms with Crippen LogP contribution in [0, 0.1) is 0 Å². The molecule has 0 radical (unpaired) electrons. The van der Waals surface area contributed by atoms with Crippen molar-refractivity contribution in [1.29, 1.82) is 0 Å². The Morgan fingerprint density at radius 2 is 2.00 bits per heavy atom. The molecule has 1 aliphatic carbocycles. The molecule has 0 aromatic carbocycles. The highest BCUT2D eigenvalue weighted by Gasteiger charge is 2.45. The molecule has 19 heavy (non-hydrogen) atoms. The average Bonchev–Trinajstić information content (AvgIpc) is 2.71. The lowest BCUT2D eigenvalue weighted by molar-refractivity contribution is -0.179. The van der Waals surface area contributed by atoms with Gasteiger partial charge in [0.25, 0.3) is 11.8 Å². The van der Waals surface area contributed by atoms with E-state index in [2.05, 4.69) is 0 Å². The summed E-state index contributed by atoms with van der Waals surface area (Å²) in [4.78, 5) is 36.3. The molecular formula is C14H15NO4. The van der Waals surface area contributed by atoms with E-state index in [1.807, 2.05) is 6.92 Å². The minimum Gasteiger partial charge on any atom is -0.434 e. The van der Waals surface area contributed by atoms with Gasteiger partial charge in [0.2, 0.25) is 5.72 Å². The highest BCUT2D eigenvalue weighted by atomic mass is 16.6. The van der Waals surface area contributed by atoms with Crippen LogP contribution >= 0.6 is 0 Å². The summed E-state index contributed by atoms with van der Waals surface area (Å²) in [6.07, 6.45) is 10.3. The van der Waals surface area contributed by atoms with Crippen LogP contribution < -0.4 is 0 Å². The van der Waals surface area contributed by atoms with E-state index >= 15 is 0 Å². The van der Waals surface area contributed by atoms with Gasteiger partial charge in [-0.15, -0.1) is 0 Å². The number of esters is 1. The predicted octanol–water partition coefficient (Wildman–Crippen LogP) is 1.47. The van der Waals surface area contributed by atoms with Gasteiger partial charge in [-0.3, -0.25) is 14.4 Å². The molecule has 0 bridgehead atoms. The van der Waals surface area contributed by atoms with Crippen molar-refractivity contribution in [3.63, 3.8) is 0 Å². The molecule has 0 aromatic rings. The Labute approximate surface area is 111 Å². The van der Waals surface area contributed by atoms with E-state index in [1.165, 1.54) is 12.2 Å². The molecule has 1 aliphatic heterocycles. The van der Waals surface area contributed by atoms with E-state index in [-0.39, 0.29) is 12.8 Å². The van der Waals surface area contributed by atoms with Crippen molar-refractivity contribution in [2.75, 3.05) is 0 Å². The summed E-state index contributed by atoms with van der Waals surface area (Å²) in [5, 5.41) is 0. The molecule has 5 nitrogen and oxygen atoms in total. The maximum Gasteiger partial charge on any atom is 0.308 e. The van der Waals surface area contributed by atoms with Crippen LogP contribution in [0.1, 0.15) is 26.2 Å². The number of ether oxygens (including phenoxy) is 1. The summed E-state index contributed by atoms with van der Waals surface area (Å²) in [6, 6.07) is 0. The van der Waals surface area contributed by atoms with Gasteiger partial charge in [0.15, 0.2) is 0 Å². The first-order valence-corrected chi connectivity index (χ1v) is 6.21. The second kappa shape index (κ2) is 5.22. The number of imide groups is 1. The number of amides is 2. The topological polar surface area (TPSA) is 63.7 Å². The fourth-order valence-electron chi connectivity index (χ4n) is 2.10. The van der Waals surface area contributed by atoms with Gasteiger partial charge in [-0.05, 0) is 12.5 Å². The summed E-state index contributed by atoms with van der Waals surface area (Å²) in [5.41, 5.74) is -1.32. The molecule has 0 fully saturated rings. The lowest BCUT2D eigenvalue weighted by Gasteiger charge is -2.37. The van der Waals surface area contributed by atoms with Crippen LogP contribution in [-0.2, 0) is 19.1 Å². The van der Waals surface area contributed by atoms with Crippen molar-refractivity contribution in [2.24, 2.45) is 0 Å². The Hall–Kier alpha value is -2.17. The SMILES string of the molecule is CCCC(=O)OC1(N2C(=O)C=CC2=O)C=CC=CC1. The third-order valence-electron chi connectivity index (χ3n) is 2.95. The minimum atomic E-state index is -1.32.